The van der Waals surface area contributed by atoms with E-state index in [9.17, 15) is 24.9 Å². The van der Waals surface area contributed by atoms with Crippen molar-refractivity contribution in [3.8, 4) is 34.5 Å². The molecule has 4 N–H and O–H groups in total. The number of likely N-dealkylation sites (N-methyl/N-ethyl adjacent to an activating group) is 1. The minimum atomic E-state index is -1.28. The third-order valence-electron chi connectivity index (χ3n) is 12.3. The first-order valence-corrected chi connectivity index (χ1v) is 19.0. The van der Waals surface area contributed by atoms with Crippen LogP contribution in [0.4, 0.5) is 0 Å². The number of esters is 2. The summed E-state index contributed by atoms with van der Waals surface area (Å²) in [6.45, 7) is 7.17. The molecule has 1 spiro atoms. The fourth-order valence-electron chi connectivity index (χ4n) is 9.96. The average molecular weight is 762 g/mol. The van der Waals surface area contributed by atoms with Crippen LogP contribution in [0.2, 0.25) is 0 Å². The van der Waals surface area contributed by atoms with Gasteiger partial charge >= 0.3 is 11.9 Å². The van der Waals surface area contributed by atoms with Crippen LogP contribution >= 0.6 is 11.8 Å². The quantitative estimate of drug-likeness (QED) is 0.216. The first kappa shape index (κ1) is 36.8. The average Bonchev–Trinajstić information content (AvgIpc) is 3.61. The van der Waals surface area contributed by atoms with Crippen molar-refractivity contribution in [1.82, 2.24) is 15.1 Å². The van der Waals surface area contributed by atoms with Crippen LogP contribution in [0.1, 0.15) is 81.8 Å². The van der Waals surface area contributed by atoms with Gasteiger partial charge in [-0.3, -0.25) is 19.9 Å². The van der Waals surface area contributed by atoms with Gasteiger partial charge in [0.15, 0.2) is 28.5 Å². The molecule has 1 unspecified atom stereocenters. The van der Waals surface area contributed by atoms with E-state index < -0.39 is 47.1 Å². The van der Waals surface area contributed by atoms with Gasteiger partial charge in [0.2, 0.25) is 6.79 Å². The second-order valence-electron chi connectivity index (χ2n) is 15.0. The number of ether oxygens (including phenoxy) is 5. The Morgan fingerprint density at radius 3 is 2.52 bits per heavy atom. The number of piperazine rings is 1. The monoisotopic (exact) mass is 761 g/mol. The molecule has 0 saturated carbocycles. The van der Waals surface area contributed by atoms with Crippen molar-refractivity contribution < 1.29 is 48.6 Å². The van der Waals surface area contributed by atoms with Gasteiger partial charge in [0.25, 0.3) is 0 Å². The zero-order valence-electron chi connectivity index (χ0n) is 30.4. The van der Waals surface area contributed by atoms with Crippen LogP contribution in [0.25, 0.3) is 0 Å². The number of nitrogens with zero attached hydrogens (tertiary/aromatic N) is 2. The van der Waals surface area contributed by atoms with Crippen molar-refractivity contribution in [2.24, 2.45) is 0 Å². The summed E-state index contributed by atoms with van der Waals surface area (Å²) in [5, 5.41) is 38.2. The van der Waals surface area contributed by atoms with Gasteiger partial charge in [-0.15, -0.1) is 11.8 Å². The molecular formula is C40H47N3O10S. The van der Waals surface area contributed by atoms with Crippen molar-refractivity contribution >= 4 is 23.7 Å². The molecule has 10 rings (SSSR count). The van der Waals surface area contributed by atoms with Crippen molar-refractivity contribution in [2.45, 2.75) is 89.1 Å². The predicted molar refractivity (Wildman–Crippen MR) is 199 cm³/mol. The molecule has 4 bridgehead atoms. The highest BCUT2D eigenvalue weighted by atomic mass is 32.2. The molecule has 3 aromatic rings. The minimum Gasteiger partial charge on any atom is -0.508 e. The fourth-order valence-corrected chi connectivity index (χ4v) is 11.7. The Morgan fingerprint density at radius 1 is 1.02 bits per heavy atom. The number of rotatable bonds is 2. The van der Waals surface area contributed by atoms with E-state index in [0.29, 0.717) is 70.2 Å². The lowest BCUT2D eigenvalue weighted by atomic mass is 9.73. The number of phenols is 2. The molecule has 0 aromatic heterocycles. The molecule has 7 aliphatic heterocycles. The van der Waals surface area contributed by atoms with Crippen molar-refractivity contribution in [1.29, 1.82) is 0 Å². The van der Waals surface area contributed by atoms with Crippen LogP contribution in [-0.2, 0) is 32.7 Å². The molecule has 3 aromatic carbocycles. The number of aromatic hydroxyl groups is 2. The Hall–Kier alpha value is -4.21. The van der Waals surface area contributed by atoms with Gasteiger partial charge < -0.3 is 39.0 Å². The number of aliphatic hydroxyl groups is 1. The summed E-state index contributed by atoms with van der Waals surface area (Å²) in [6.07, 6.45) is 0.0521. The summed E-state index contributed by atoms with van der Waals surface area (Å²) in [6, 6.07) is 3.49. The van der Waals surface area contributed by atoms with E-state index in [1.54, 1.807) is 13.2 Å². The third kappa shape index (κ3) is 4.92. The summed E-state index contributed by atoms with van der Waals surface area (Å²) in [7, 11) is 3.51. The molecule has 54 heavy (non-hydrogen) atoms. The second kappa shape index (κ2) is 12.9. The summed E-state index contributed by atoms with van der Waals surface area (Å²) in [5.74, 6) is 1.09. The predicted octanol–water partition coefficient (Wildman–Crippen LogP) is 4.35. The number of aryl methyl sites for hydroxylation is 2. The zero-order chi connectivity index (χ0) is 37.2. The topological polar surface area (TPSA) is 159 Å². The largest absolute Gasteiger partial charge is 0.508 e. The molecule has 2 saturated heterocycles. The maximum atomic E-state index is 14.6. The molecule has 0 radical (unpaired) electrons. The lowest BCUT2D eigenvalue weighted by Crippen LogP contribution is -2.70. The SMILES string of the molecule is C.COc1c(C)cc2c(c1O)[C@@H]1C3[C@@H]4SC[C@]5(NCCc6cc(O)c(C)cc65)C(=O)OC[C@@H](c5c6c(c(C)c(OC(C)=O)c54)OCO6)N3[C@@H](O)[C@H](C2)N1C. The number of hydrogen-bond donors (Lipinski definition) is 4. The van der Waals surface area contributed by atoms with Crippen LogP contribution < -0.4 is 24.3 Å². The van der Waals surface area contributed by atoms with E-state index in [-0.39, 0.29) is 44.1 Å². The zero-order valence-corrected chi connectivity index (χ0v) is 31.3. The van der Waals surface area contributed by atoms with Gasteiger partial charge in [0.05, 0.1) is 30.5 Å². The van der Waals surface area contributed by atoms with Gasteiger partial charge in [0, 0.05) is 47.5 Å². The number of fused-ring (bicyclic) bond motifs is 9. The molecule has 7 aliphatic rings. The molecule has 2 fully saturated rings. The molecule has 13 nitrogen and oxygen atoms in total. The van der Waals surface area contributed by atoms with Gasteiger partial charge in [0.1, 0.15) is 24.3 Å². The summed E-state index contributed by atoms with van der Waals surface area (Å²) >= 11 is 1.50. The molecule has 7 atom stereocenters. The maximum absolute atomic E-state index is 14.6. The van der Waals surface area contributed by atoms with E-state index in [2.05, 4.69) is 10.2 Å². The Labute approximate surface area is 318 Å². The number of carbonyl (C=O) groups is 2. The number of nitrogens with one attached hydrogen (secondary N) is 1. The van der Waals surface area contributed by atoms with E-state index >= 15 is 0 Å². The number of phenolic OH excluding ortho intramolecular Hbond substituents is 2. The highest BCUT2D eigenvalue weighted by Crippen LogP contribution is 2.64. The van der Waals surface area contributed by atoms with E-state index in [1.807, 2.05) is 44.9 Å². The number of aliphatic hydroxyl groups excluding tert-OH is 1. The van der Waals surface area contributed by atoms with Gasteiger partial charge in [-0.05, 0) is 80.6 Å². The van der Waals surface area contributed by atoms with E-state index in [1.165, 1.54) is 18.7 Å². The van der Waals surface area contributed by atoms with Crippen LogP contribution in [0.15, 0.2) is 18.2 Å². The van der Waals surface area contributed by atoms with Crippen LogP contribution in [-0.4, -0.2) is 95.2 Å². The highest BCUT2D eigenvalue weighted by molar-refractivity contribution is 7.99. The number of thioether (sulfide) groups is 1. The van der Waals surface area contributed by atoms with Crippen LogP contribution in [0.3, 0.4) is 0 Å². The lowest BCUT2D eigenvalue weighted by Gasteiger charge is -2.62. The summed E-state index contributed by atoms with van der Waals surface area (Å²) < 4.78 is 30.4. The molecule has 288 valence electrons. The fraction of sp³-hybridized carbons (Fsp3) is 0.500. The number of benzene rings is 3. The van der Waals surface area contributed by atoms with Crippen LogP contribution in [0.5, 0.6) is 34.5 Å². The van der Waals surface area contributed by atoms with Gasteiger partial charge in [-0.1, -0.05) is 13.5 Å². The van der Waals surface area contributed by atoms with Crippen molar-refractivity contribution in [3.63, 3.8) is 0 Å². The van der Waals surface area contributed by atoms with Crippen molar-refractivity contribution in [3.05, 3.63) is 68.3 Å². The molecule has 0 amide bonds. The Bertz CT molecular complexity index is 2110. The smallest absolute Gasteiger partial charge is 0.331 e. The normalized spacial score (nSPS) is 29.3. The molecule has 0 aliphatic carbocycles. The Kier molecular flexibility index (Phi) is 8.81. The van der Waals surface area contributed by atoms with Crippen molar-refractivity contribution in [2.75, 3.05) is 39.9 Å². The van der Waals surface area contributed by atoms with Gasteiger partial charge in [-0.25, -0.2) is 4.79 Å². The second-order valence-corrected chi connectivity index (χ2v) is 16.2. The van der Waals surface area contributed by atoms with Gasteiger partial charge in [-0.2, -0.15) is 0 Å². The molecule has 7 heterocycles. The summed E-state index contributed by atoms with van der Waals surface area (Å²) in [4.78, 5) is 31.7. The summed E-state index contributed by atoms with van der Waals surface area (Å²) in [5.41, 5.74) is 5.34. The van der Waals surface area contributed by atoms with E-state index in [0.717, 1.165) is 22.3 Å². The maximum Gasteiger partial charge on any atom is 0.331 e. The van der Waals surface area contributed by atoms with E-state index in [4.69, 9.17) is 23.7 Å². The number of carbonyl (C=O) groups excluding carboxylic acids is 2. The number of hydrogen-bond acceptors (Lipinski definition) is 14. The van der Waals surface area contributed by atoms with Crippen LogP contribution in [0, 0.1) is 20.8 Å². The lowest BCUT2D eigenvalue weighted by molar-refractivity contribution is -0.186. The Morgan fingerprint density at radius 2 is 1.78 bits per heavy atom. The number of methoxy groups -OCH3 is 1. The standard InChI is InChI=1S/C39H43N3O10S.CH4/c1-16-10-22-20(12-25(16)44)7-8-40-39(22)14-53-36-28-27(35-34(50-15-51-35)18(3)33(28)52-19(4)43)24(13-49-38(39)47)42-30(36)29-26-21(11-23(37(42)46)41(29)5)9-17(2)32(48-6)31(26)45;/h9-10,12,23-24,29-30,36-37,40,44-46H,7-8,11,13-15H2,1-6H3;1H4/t23-,24-,29+,30?,36+,37-,39+;/m0./s1. The molecule has 14 heteroatoms. The first-order chi connectivity index (χ1) is 25.4. The minimum absolute atomic E-state index is 0. The third-order valence-corrected chi connectivity index (χ3v) is 13.8. The first-order valence-electron chi connectivity index (χ1n) is 18.0. The molecular weight excluding hydrogens is 715 g/mol. The Balaban J connectivity index is 0.00000413. The highest BCUT2D eigenvalue weighted by Gasteiger charge is 2.61.